The van der Waals surface area contributed by atoms with Crippen LogP contribution in [0, 0.1) is 6.92 Å². The monoisotopic (exact) mass is 279 g/mol. The molecule has 0 aliphatic carbocycles. The number of anilines is 1. The van der Waals surface area contributed by atoms with Gasteiger partial charge in [-0.1, -0.05) is 32.0 Å². The number of nitrogen functional groups attached to an aromatic ring is 1. The van der Waals surface area contributed by atoms with Crippen LogP contribution in [-0.2, 0) is 7.05 Å². The minimum absolute atomic E-state index is 0.512. The fraction of sp³-hybridized carbons (Fsp3) is 0.278. The SMILES string of the molecule is Cc1cc2c(cc1N)nc(-c1cccc(C(C)C)c1)n2C. The van der Waals surface area contributed by atoms with E-state index in [0.717, 1.165) is 33.7 Å². The molecule has 108 valence electrons. The molecule has 21 heavy (non-hydrogen) atoms. The average molecular weight is 279 g/mol. The zero-order chi connectivity index (χ0) is 15.1. The summed E-state index contributed by atoms with van der Waals surface area (Å²) in [5.74, 6) is 1.50. The first kappa shape index (κ1) is 13.7. The lowest BCUT2D eigenvalue weighted by Gasteiger charge is -2.08. The molecule has 0 atom stereocenters. The van der Waals surface area contributed by atoms with Crippen LogP contribution in [0.1, 0.15) is 30.9 Å². The molecule has 1 aromatic heterocycles. The smallest absolute Gasteiger partial charge is 0.140 e. The Hall–Kier alpha value is -2.29. The van der Waals surface area contributed by atoms with Crippen LogP contribution in [0.25, 0.3) is 22.4 Å². The number of aromatic nitrogens is 2. The predicted molar refractivity (Wildman–Crippen MR) is 89.4 cm³/mol. The van der Waals surface area contributed by atoms with Crippen LogP contribution in [0.5, 0.6) is 0 Å². The van der Waals surface area contributed by atoms with Crippen molar-refractivity contribution in [2.45, 2.75) is 26.7 Å². The lowest BCUT2D eigenvalue weighted by molar-refractivity contribution is 0.865. The van der Waals surface area contributed by atoms with E-state index in [1.54, 1.807) is 0 Å². The highest BCUT2D eigenvalue weighted by Crippen LogP contribution is 2.28. The van der Waals surface area contributed by atoms with Gasteiger partial charge in [0.05, 0.1) is 11.0 Å². The number of nitrogens with two attached hydrogens (primary N) is 1. The molecule has 3 rings (SSSR count). The van der Waals surface area contributed by atoms with E-state index in [-0.39, 0.29) is 0 Å². The molecule has 0 bridgehead atoms. The lowest BCUT2D eigenvalue weighted by atomic mass is 10.0. The van der Waals surface area contributed by atoms with Crippen molar-refractivity contribution >= 4 is 16.7 Å². The van der Waals surface area contributed by atoms with Gasteiger partial charge < -0.3 is 10.3 Å². The van der Waals surface area contributed by atoms with Crippen LogP contribution in [0.2, 0.25) is 0 Å². The van der Waals surface area contributed by atoms with Gasteiger partial charge in [-0.2, -0.15) is 0 Å². The molecule has 0 unspecified atom stereocenters. The molecule has 0 saturated heterocycles. The Morgan fingerprint density at radius 1 is 1.14 bits per heavy atom. The van der Waals surface area contributed by atoms with Gasteiger partial charge in [0.2, 0.25) is 0 Å². The minimum Gasteiger partial charge on any atom is -0.398 e. The van der Waals surface area contributed by atoms with Gasteiger partial charge in [-0.3, -0.25) is 0 Å². The summed E-state index contributed by atoms with van der Waals surface area (Å²) in [6.45, 7) is 6.44. The highest BCUT2D eigenvalue weighted by Gasteiger charge is 2.12. The van der Waals surface area contributed by atoms with Crippen LogP contribution < -0.4 is 5.73 Å². The quantitative estimate of drug-likeness (QED) is 0.712. The second-order valence-corrected chi connectivity index (χ2v) is 5.97. The summed E-state index contributed by atoms with van der Waals surface area (Å²) in [5.41, 5.74) is 12.4. The van der Waals surface area contributed by atoms with Gasteiger partial charge in [0.15, 0.2) is 0 Å². The van der Waals surface area contributed by atoms with Crippen molar-refractivity contribution in [3.05, 3.63) is 47.5 Å². The molecule has 3 nitrogen and oxygen atoms in total. The molecule has 0 spiro atoms. The molecular formula is C18H21N3. The number of nitrogens with zero attached hydrogens (tertiary/aromatic N) is 2. The second-order valence-electron chi connectivity index (χ2n) is 5.97. The Labute approximate surface area is 125 Å². The Kier molecular flexibility index (Phi) is 3.20. The van der Waals surface area contributed by atoms with Crippen molar-refractivity contribution < 1.29 is 0 Å². The number of benzene rings is 2. The minimum atomic E-state index is 0.512. The molecule has 0 aliphatic rings. The number of rotatable bonds is 2. The highest BCUT2D eigenvalue weighted by atomic mass is 15.1. The van der Waals surface area contributed by atoms with Crippen molar-refractivity contribution in [2.75, 3.05) is 5.73 Å². The molecule has 2 aromatic carbocycles. The summed E-state index contributed by atoms with van der Waals surface area (Å²) < 4.78 is 2.14. The summed E-state index contributed by atoms with van der Waals surface area (Å²) in [6, 6.07) is 12.7. The Morgan fingerprint density at radius 2 is 1.90 bits per heavy atom. The topological polar surface area (TPSA) is 43.8 Å². The third-order valence-electron chi connectivity index (χ3n) is 4.08. The summed E-state index contributed by atoms with van der Waals surface area (Å²) in [5, 5.41) is 0. The Bertz CT molecular complexity index is 813. The Balaban J connectivity index is 2.21. The van der Waals surface area contributed by atoms with Gasteiger partial charge in [-0.15, -0.1) is 0 Å². The molecule has 3 aromatic rings. The zero-order valence-electron chi connectivity index (χ0n) is 13.0. The Morgan fingerprint density at radius 3 is 2.62 bits per heavy atom. The molecule has 3 heteroatoms. The van der Waals surface area contributed by atoms with Crippen molar-refractivity contribution in [3.8, 4) is 11.4 Å². The van der Waals surface area contributed by atoms with Gasteiger partial charge in [0.25, 0.3) is 0 Å². The number of imidazole rings is 1. The second kappa shape index (κ2) is 4.92. The van der Waals surface area contributed by atoms with Crippen LogP contribution in [0.15, 0.2) is 36.4 Å². The fourth-order valence-electron chi connectivity index (χ4n) is 2.65. The van der Waals surface area contributed by atoms with Gasteiger partial charge >= 0.3 is 0 Å². The van der Waals surface area contributed by atoms with Gasteiger partial charge in [-0.05, 0) is 42.2 Å². The van der Waals surface area contributed by atoms with E-state index in [0.29, 0.717) is 5.92 Å². The number of aryl methyl sites for hydroxylation is 2. The van der Waals surface area contributed by atoms with Crippen LogP contribution in [0.4, 0.5) is 5.69 Å². The summed E-state index contributed by atoms with van der Waals surface area (Å²) >= 11 is 0. The fourth-order valence-corrected chi connectivity index (χ4v) is 2.65. The van der Waals surface area contributed by atoms with E-state index in [1.807, 2.05) is 13.0 Å². The molecule has 0 aliphatic heterocycles. The molecule has 0 radical (unpaired) electrons. The number of hydrogen-bond acceptors (Lipinski definition) is 2. The van der Waals surface area contributed by atoms with Crippen molar-refractivity contribution in [1.82, 2.24) is 9.55 Å². The predicted octanol–water partition coefficient (Wildman–Crippen LogP) is 4.25. The van der Waals surface area contributed by atoms with Crippen molar-refractivity contribution in [3.63, 3.8) is 0 Å². The van der Waals surface area contributed by atoms with E-state index < -0.39 is 0 Å². The zero-order valence-corrected chi connectivity index (χ0v) is 13.0. The first-order chi connectivity index (χ1) is 9.97. The number of fused-ring (bicyclic) bond motifs is 1. The lowest BCUT2D eigenvalue weighted by Crippen LogP contribution is -1.95. The molecular weight excluding hydrogens is 258 g/mol. The maximum absolute atomic E-state index is 6.00. The van der Waals surface area contributed by atoms with E-state index >= 15 is 0 Å². The number of hydrogen-bond donors (Lipinski definition) is 1. The molecule has 0 fully saturated rings. The molecule has 2 N–H and O–H groups in total. The van der Waals surface area contributed by atoms with Crippen LogP contribution in [-0.4, -0.2) is 9.55 Å². The highest BCUT2D eigenvalue weighted by molar-refractivity contribution is 5.84. The molecule has 1 heterocycles. The summed E-state index contributed by atoms with van der Waals surface area (Å²) in [7, 11) is 2.06. The van der Waals surface area contributed by atoms with Gasteiger partial charge in [0, 0.05) is 18.3 Å². The summed E-state index contributed by atoms with van der Waals surface area (Å²) in [6.07, 6.45) is 0. The first-order valence-corrected chi connectivity index (χ1v) is 7.30. The van der Waals surface area contributed by atoms with E-state index in [1.165, 1.54) is 5.56 Å². The molecule has 0 amide bonds. The van der Waals surface area contributed by atoms with E-state index in [9.17, 15) is 0 Å². The van der Waals surface area contributed by atoms with Gasteiger partial charge in [0.1, 0.15) is 5.82 Å². The van der Waals surface area contributed by atoms with E-state index in [4.69, 9.17) is 10.7 Å². The standard InChI is InChI=1S/C18H21N3/c1-11(2)13-6-5-7-14(9-13)18-20-16-10-15(19)12(3)8-17(16)21(18)4/h5-11H,19H2,1-4H3. The van der Waals surface area contributed by atoms with Gasteiger partial charge in [-0.25, -0.2) is 4.98 Å². The maximum Gasteiger partial charge on any atom is 0.140 e. The molecule has 0 saturated carbocycles. The third kappa shape index (κ3) is 2.29. The largest absolute Gasteiger partial charge is 0.398 e. The average Bonchev–Trinajstić information content (AvgIpc) is 2.77. The van der Waals surface area contributed by atoms with Crippen LogP contribution in [0.3, 0.4) is 0 Å². The van der Waals surface area contributed by atoms with E-state index in [2.05, 4.69) is 55.8 Å². The third-order valence-corrected chi connectivity index (χ3v) is 4.08. The summed E-state index contributed by atoms with van der Waals surface area (Å²) in [4.78, 5) is 4.77. The van der Waals surface area contributed by atoms with Crippen molar-refractivity contribution in [1.29, 1.82) is 0 Å². The van der Waals surface area contributed by atoms with Crippen LogP contribution >= 0.6 is 0 Å². The first-order valence-electron chi connectivity index (χ1n) is 7.30. The van der Waals surface area contributed by atoms with Crippen molar-refractivity contribution in [2.24, 2.45) is 7.05 Å². The maximum atomic E-state index is 6.00. The normalized spacial score (nSPS) is 11.5.